The van der Waals surface area contributed by atoms with Crippen molar-refractivity contribution in [3.8, 4) is 5.75 Å². The Balaban J connectivity index is 1.66. The van der Waals surface area contributed by atoms with Crippen LogP contribution in [0.4, 0.5) is 5.69 Å². The van der Waals surface area contributed by atoms with Gasteiger partial charge in [0.25, 0.3) is 11.8 Å². The van der Waals surface area contributed by atoms with Crippen LogP contribution in [-0.2, 0) is 6.54 Å². The number of ether oxygens (including phenoxy) is 1. The van der Waals surface area contributed by atoms with Crippen molar-refractivity contribution >= 4 is 40.7 Å². The summed E-state index contributed by atoms with van der Waals surface area (Å²) in [7, 11) is 1.97. The number of likely N-dealkylation sites (N-methyl/N-ethyl adjacent to an activating group) is 1. The van der Waals surface area contributed by atoms with Gasteiger partial charge in [-0.15, -0.1) is 0 Å². The zero-order valence-electron chi connectivity index (χ0n) is 22.0. The van der Waals surface area contributed by atoms with Gasteiger partial charge in [-0.25, -0.2) is 4.98 Å². The number of rotatable bonds is 8. The van der Waals surface area contributed by atoms with E-state index < -0.39 is 11.9 Å². The first-order chi connectivity index (χ1) is 18.7. The van der Waals surface area contributed by atoms with Gasteiger partial charge in [0.05, 0.1) is 40.1 Å². The lowest BCUT2D eigenvalue weighted by atomic mass is 9.98. The number of carbonyl (C=O) groups excluding carboxylic acids is 2. The van der Waals surface area contributed by atoms with Gasteiger partial charge in [0.2, 0.25) is 0 Å². The highest BCUT2D eigenvalue weighted by Crippen LogP contribution is 2.35. The normalized spacial score (nSPS) is 18.1. The average molecular weight is 572 g/mol. The molecule has 0 fully saturated rings. The maximum atomic E-state index is 13.6. The minimum Gasteiger partial charge on any atom is -0.486 e. The number of halogens is 2. The fourth-order valence-electron chi connectivity index (χ4n) is 4.48. The van der Waals surface area contributed by atoms with E-state index in [-0.39, 0.29) is 36.0 Å². The summed E-state index contributed by atoms with van der Waals surface area (Å²) < 4.78 is 6.55. The first-order valence-electron chi connectivity index (χ1n) is 12.6. The molecule has 0 bridgehead atoms. The molecule has 39 heavy (non-hydrogen) atoms. The number of para-hydroxylation sites is 1. The van der Waals surface area contributed by atoms with Crippen LogP contribution in [0.5, 0.6) is 5.75 Å². The molecule has 0 aliphatic carbocycles. The molecule has 2 heterocycles. The van der Waals surface area contributed by atoms with Gasteiger partial charge in [-0.3, -0.25) is 19.5 Å². The van der Waals surface area contributed by atoms with Crippen molar-refractivity contribution in [2.45, 2.75) is 32.5 Å². The van der Waals surface area contributed by atoms with Crippen LogP contribution in [0.1, 0.15) is 40.3 Å². The average Bonchev–Trinajstić information content (AvgIpc) is 2.93. The third kappa shape index (κ3) is 6.86. The highest BCUT2D eigenvalue weighted by molar-refractivity contribution is 6.42. The standard InChI is InChI=1S/C28H31Cl2N5O4/c1-17-13-35(18(2)16-36)28(38)20-5-4-6-23(33-27(37)24-12-31-9-10-32-24)26(20)39-25(17)15-34(3)14-19-7-8-21(29)22(30)11-19/h4-12,17-18,25,36H,13-16H2,1-3H3,(H,33,37)/t17-,18+,25-/m1/s1. The first-order valence-corrected chi connectivity index (χ1v) is 13.3. The number of hydrogen-bond acceptors (Lipinski definition) is 7. The van der Waals surface area contributed by atoms with Gasteiger partial charge < -0.3 is 20.1 Å². The van der Waals surface area contributed by atoms with E-state index in [2.05, 4.69) is 20.2 Å². The van der Waals surface area contributed by atoms with Crippen LogP contribution in [0.25, 0.3) is 0 Å². The quantitative estimate of drug-likeness (QED) is 0.412. The zero-order chi connectivity index (χ0) is 28.1. The summed E-state index contributed by atoms with van der Waals surface area (Å²) in [5.74, 6) is -0.585. The lowest BCUT2D eigenvalue weighted by Gasteiger charge is -2.38. The predicted octanol–water partition coefficient (Wildman–Crippen LogP) is 4.39. The molecule has 0 saturated carbocycles. The van der Waals surface area contributed by atoms with E-state index in [9.17, 15) is 14.7 Å². The molecule has 1 aliphatic heterocycles. The van der Waals surface area contributed by atoms with Crippen molar-refractivity contribution in [2.24, 2.45) is 5.92 Å². The first kappa shape index (κ1) is 28.8. The topological polar surface area (TPSA) is 108 Å². The van der Waals surface area contributed by atoms with Crippen LogP contribution < -0.4 is 10.1 Å². The number of fused-ring (bicyclic) bond motifs is 1. The SMILES string of the molecule is C[C@@H]1CN([C@@H](C)CO)C(=O)c2cccc(NC(=O)c3cnccn3)c2O[C@@H]1CN(C)Cc1ccc(Cl)c(Cl)c1. The Hall–Kier alpha value is -3.24. The molecule has 0 unspecified atom stereocenters. The number of benzene rings is 2. The second-order valence-corrected chi connectivity index (χ2v) is 10.6. The van der Waals surface area contributed by atoms with E-state index in [0.29, 0.717) is 40.9 Å². The summed E-state index contributed by atoms with van der Waals surface area (Å²) in [6.07, 6.45) is 3.92. The van der Waals surface area contributed by atoms with Crippen molar-refractivity contribution in [2.75, 3.05) is 32.1 Å². The summed E-state index contributed by atoms with van der Waals surface area (Å²) in [5, 5.41) is 13.7. The molecule has 3 aromatic rings. The number of anilines is 1. The van der Waals surface area contributed by atoms with Crippen LogP contribution in [-0.4, -0.2) is 75.6 Å². The summed E-state index contributed by atoms with van der Waals surface area (Å²) >= 11 is 12.3. The van der Waals surface area contributed by atoms with Crippen LogP contribution in [0.15, 0.2) is 55.0 Å². The van der Waals surface area contributed by atoms with E-state index in [0.717, 1.165) is 5.56 Å². The fourth-order valence-corrected chi connectivity index (χ4v) is 4.80. The second-order valence-electron chi connectivity index (χ2n) is 9.79. The van der Waals surface area contributed by atoms with Gasteiger partial charge in [0, 0.05) is 37.9 Å². The number of amides is 2. The Morgan fingerprint density at radius 3 is 2.74 bits per heavy atom. The van der Waals surface area contributed by atoms with Gasteiger partial charge in [0.15, 0.2) is 5.75 Å². The molecule has 206 valence electrons. The number of carbonyl (C=O) groups is 2. The number of aromatic nitrogens is 2. The highest BCUT2D eigenvalue weighted by atomic mass is 35.5. The maximum Gasteiger partial charge on any atom is 0.275 e. The smallest absolute Gasteiger partial charge is 0.275 e. The minimum absolute atomic E-state index is 0.101. The molecule has 9 nitrogen and oxygen atoms in total. The minimum atomic E-state index is -0.475. The van der Waals surface area contributed by atoms with Gasteiger partial charge in [-0.2, -0.15) is 0 Å². The molecule has 2 amide bonds. The predicted molar refractivity (Wildman–Crippen MR) is 150 cm³/mol. The van der Waals surface area contributed by atoms with Crippen LogP contribution >= 0.6 is 23.2 Å². The van der Waals surface area contributed by atoms with Crippen molar-refractivity contribution in [1.29, 1.82) is 0 Å². The third-order valence-corrected chi connectivity index (χ3v) is 7.40. The Kier molecular flexibility index (Phi) is 9.40. The molecule has 2 aromatic carbocycles. The number of hydrogen-bond donors (Lipinski definition) is 2. The Labute approximate surface area is 237 Å². The number of nitrogens with zero attached hydrogens (tertiary/aromatic N) is 4. The third-order valence-electron chi connectivity index (χ3n) is 6.66. The molecular weight excluding hydrogens is 541 g/mol. The summed E-state index contributed by atoms with van der Waals surface area (Å²) in [6, 6.07) is 10.2. The number of nitrogens with one attached hydrogen (secondary N) is 1. The lowest BCUT2D eigenvalue weighted by molar-refractivity contribution is 0.0343. The molecule has 0 radical (unpaired) electrons. The van der Waals surface area contributed by atoms with Crippen molar-refractivity contribution in [1.82, 2.24) is 19.8 Å². The van der Waals surface area contributed by atoms with Crippen molar-refractivity contribution in [3.05, 3.63) is 81.9 Å². The highest BCUT2D eigenvalue weighted by Gasteiger charge is 2.34. The van der Waals surface area contributed by atoms with Gasteiger partial charge in [-0.05, 0) is 43.8 Å². The largest absolute Gasteiger partial charge is 0.486 e. The van der Waals surface area contributed by atoms with Gasteiger partial charge >= 0.3 is 0 Å². The van der Waals surface area contributed by atoms with E-state index in [1.807, 2.05) is 26.1 Å². The number of aliphatic hydroxyl groups excluding tert-OH is 1. The Morgan fingerprint density at radius 1 is 1.26 bits per heavy atom. The Morgan fingerprint density at radius 2 is 2.05 bits per heavy atom. The van der Waals surface area contributed by atoms with Crippen molar-refractivity contribution < 1.29 is 19.4 Å². The maximum absolute atomic E-state index is 13.6. The molecule has 1 aromatic heterocycles. The van der Waals surface area contributed by atoms with E-state index in [1.165, 1.54) is 18.6 Å². The van der Waals surface area contributed by atoms with Gasteiger partial charge in [-0.1, -0.05) is 42.3 Å². The molecule has 4 rings (SSSR count). The molecule has 0 saturated heterocycles. The molecular formula is C28H31Cl2N5O4. The monoisotopic (exact) mass is 571 g/mol. The molecule has 0 spiro atoms. The zero-order valence-corrected chi connectivity index (χ0v) is 23.5. The second kappa shape index (κ2) is 12.7. The Bertz CT molecular complexity index is 1330. The summed E-state index contributed by atoms with van der Waals surface area (Å²) in [4.78, 5) is 38.3. The van der Waals surface area contributed by atoms with E-state index in [4.69, 9.17) is 27.9 Å². The number of aliphatic hydroxyl groups is 1. The lowest BCUT2D eigenvalue weighted by Crippen LogP contribution is -2.49. The van der Waals surface area contributed by atoms with Crippen LogP contribution in [0.3, 0.4) is 0 Å². The summed E-state index contributed by atoms with van der Waals surface area (Å²) in [5.41, 5.74) is 1.78. The molecule has 1 aliphatic rings. The molecule has 2 N–H and O–H groups in total. The van der Waals surface area contributed by atoms with Crippen LogP contribution in [0, 0.1) is 5.92 Å². The van der Waals surface area contributed by atoms with E-state index >= 15 is 0 Å². The summed E-state index contributed by atoms with van der Waals surface area (Å²) in [6.45, 7) is 5.13. The molecule has 11 heteroatoms. The fraction of sp³-hybridized carbons (Fsp3) is 0.357. The van der Waals surface area contributed by atoms with Gasteiger partial charge in [0.1, 0.15) is 11.8 Å². The van der Waals surface area contributed by atoms with Crippen LogP contribution in [0.2, 0.25) is 10.0 Å². The molecule has 3 atom stereocenters. The van der Waals surface area contributed by atoms with E-state index in [1.54, 1.807) is 36.1 Å². The van der Waals surface area contributed by atoms with Crippen molar-refractivity contribution in [3.63, 3.8) is 0 Å².